The zero-order valence-electron chi connectivity index (χ0n) is 39.3. The molecule has 0 aliphatic heterocycles. The maximum Gasteiger partial charge on any atom is 0.269 e. The zero-order chi connectivity index (χ0) is 45.2. The number of ether oxygens (including phenoxy) is 1. The lowest BCUT2D eigenvalue weighted by Gasteiger charge is -2.30. The molecule has 322 valence electrons. The standard InChI is InChI=1S/C59H60N4O/c1-56(2,3)43-25-20-26-45(35-43)61-39-62(55(58(7,8)9)54(61)57(4,5)6)46-33-41(40-21-14-12-15-22-40)34-48(37-46)64-47-29-30-50-49-27-18-19-28-51(49)63(52(50)38-47)53-36-44(31-32-60-53)59(10,11)42-23-16-13-17-24-42/h12-38H,1-11H3. The largest absolute Gasteiger partial charge is 0.458 e. The molecule has 0 N–H and O–H groups in total. The van der Waals surface area contributed by atoms with Gasteiger partial charge in [0.1, 0.15) is 17.3 Å². The van der Waals surface area contributed by atoms with Gasteiger partial charge in [0, 0.05) is 28.5 Å². The van der Waals surface area contributed by atoms with E-state index in [1.165, 1.54) is 33.5 Å². The van der Waals surface area contributed by atoms with Crippen LogP contribution in [-0.2, 0) is 21.7 Å². The summed E-state index contributed by atoms with van der Waals surface area (Å²) < 4.78 is 13.9. The van der Waals surface area contributed by atoms with Crippen molar-refractivity contribution in [2.45, 2.75) is 97.8 Å². The highest BCUT2D eigenvalue weighted by molar-refractivity contribution is 6.09. The molecule has 9 aromatic rings. The minimum Gasteiger partial charge on any atom is -0.458 e. The molecule has 0 aliphatic carbocycles. The molecule has 9 rings (SSSR count). The van der Waals surface area contributed by atoms with E-state index in [0.717, 1.165) is 56.2 Å². The van der Waals surface area contributed by atoms with Crippen LogP contribution in [-0.4, -0.2) is 14.1 Å². The minimum absolute atomic E-state index is 0.00134. The van der Waals surface area contributed by atoms with Crippen LogP contribution in [0.2, 0.25) is 0 Å². The number of pyridine rings is 1. The molecular weight excluding hydrogens is 781 g/mol. The van der Waals surface area contributed by atoms with Crippen molar-refractivity contribution in [2.75, 3.05) is 0 Å². The summed E-state index contributed by atoms with van der Waals surface area (Å²) in [5, 5.41) is 2.31. The number of hydrogen-bond acceptors (Lipinski definition) is 2. The van der Waals surface area contributed by atoms with Gasteiger partial charge in [0.05, 0.1) is 33.8 Å². The summed E-state index contributed by atoms with van der Waals surface area (Å²) in [7, 11) is 0. The Bertz CT molecular complexity index is 3150. The van der Waals surface area contributed by atoms with Crippen LogP contribution in [0.5, 0.6) is 11.5 Å². The van der Waals surface area contributed by atoms with Gasteiger partial charge in [-0.2, -0.15) is 0 Å². The average Bonchev–Trinajstić information content (AvgIpc) is 3.85. The van der Waals surface area contributed by atoms with Crippen molar-refractivity contribution in [1.82, 2.24) is 14.1 Å². The number of aromatic nitrogens is 4. The second-order valence-corrected chi connectivity index (χ2v) is 20.9. The maximum atomic E-state index is 7.03. The van der Waals surface area contributed by atoms with E-state index in [2.05, 4.69) is 254 Å². The van der Waals surface area contributed by atoms with Gasteiger partial charge in [-0.05, 0) is 105 Å². The van der Waals surface area contributed by atoms with Crippen LogP contribution in [0.1, 0.15) is 104 Å². The molecule has 0 atom stereocenters. The quantitative estimate of drug-likeness (QED) is 0.113. The summed E-state index contributed by atoms with van der Waals surface area (Å²) in [5.41, 5.74) is 11.9. The number of benzene rings is 6. The van der Waals surface area contributed by atoms with E-state index < -0.39 is 0 Å². The van der Waals surface area contributed by atoms with Crippen LogP contribution in [0, 0.1) is 6.33 Å². The zero-order valence-corrected chi connectivity index (χ0v) is 39.3. The van der Waals surface area contributed by atoms with E-state index in [4.69, 9.17) is 9.72 Å². The van der Waals surface area contributed by atoms with E-state index in [0.29, 0.717) is 0 Å². The van der Waals surface area contributed by atoms with Crippen molar-refractivity contribution in [3.63, 3.8) is 0 Å². The first kappa shape index (κ1) is 42.6. The normalized spacial score (nSPS) is 12.6. The topological polar surface area (TPSA) is 35.9 Å². The summed E-state index contributed by atoms with van der Waals surface area (Å²) in [6.07, 6.45) is 5.84. The summed E-state index contributed by atoms with van der Waals surface area (Å²) in [5.74, 6) is 2.35. The SMILES string of the molecule is CC(C)(C)c1cccc(-[n+]2[c-]n(-c3cc(Oc4ccc5c6ccccc6n(-c6cc(C(C)(C)c7ccccc7)ccn6)c5c4)cc(-c4ccccc4)c3)c(C(C)(C)C)c2C(C)(C)C)c1. The predicted octanol–water partition coefficient (Wildman–Crippen LogP) is 14.7. The van der Waals surface area contributed by atoms with Crippen LogP contribution in [0.4, 0.5) is 0 Å². The van der Waals surface area contributed by atoms with Crippen molar-refractivity contribution in [1.29, 1.82) is 0 Å². The fourth-order valence-electron chi connectivity index (χ4n) is 9.19. The Hall–Kier alpha value is -6.72. The van der Waals surface area contributed by atoms with Crippen LogP contribution in [0.25, 0.3) is 50.1 Å². The van der Waals surface area contributed by atoms with Crippen molar-refractivity contribution < 1.29 is 9.30 Å². The first-order chi connectivity index (χ1) is 30.4. The Balaban J connectivity index is 1.21. The number of imidazole rings is 1. The highest BCUT2D eigenvalue weighted by atomic mass is 16.5. The first-order valence-corrected chi connectivity index (χ1v) is 22.5. The Morgan fingerprint density at radius 2 is 1.17 bits per heavy atom. The van der Waals surface area contributed by atoms with Gasteiger partial charge in [0.2, 0.25) is 0 Å². The molecule has 0 spiro atoms. The third kappa shape index (κ3) is 7.93. The third-order valence-electron chi connectivity index (χ3n) is 12.6. The summed E-state index contributed by atoms with van der Waals surface area (Å²) >= 11 is 0. The van der Waals surface area contributed by atoms with Gasteiger partial charge in [0.15, 0.2) is 0 Å². The van der Waals surface area contributed by atoms with Crippen LogP contribution in [0.3, 0.4) is 0 Å². The number of fused-ring (bicyclic) bond motifs is 3. The van der Waals surface area contributed by atoms with Crippen LogP contribution >= 0.6 is 0 Å². The molecule has 0 saturated heterocycles. The number of nitrogens with zero attached hydrogens (tertiary/aromatic N) is 4. The van der Waals surface area contributed by atoms with Crippen molar-refractivity contribution in [2.24, 2.45) is 0 Å². The fraction of sp³-hybridized carbons (Fsp3) is 0.254. The van der Waals surface area contributed by atoms with Gasteiger partial charge in [0.25, 0.3) is 6.33 Å². The number of hydrogen-bond donors (Lipinski definition) is 0. The van der Waals surface area contributed by atoms with Gasteiger partial charge < -0.3 is 4.74 Å². The van der Waals surface area contributed by atoms with Crippen molar-refractivity contribution in [3.05, 3.63) is 198 Å². The summed E-state index contributed by atoms with van der Waals surface area (Å²) in [6, 6.07) is 56.2. The molecule has 0 aliphatic rings. The Kier molecular flexibility index (Phi) is 10.5. The summed E-state index contributed by atoms with van der Waals surface area (Å²) in [4.78, 5) is 5.00. The molecule has 64 heavy (non-hydrogen) atoms. The van der Waals surface area contributed by atoms with Crippen LogP contribution in [0.15, 0.2) is 164 Å². The van der Waals surface area contributed by atoms with Gasteiger partial charge in [-0.25, -0.2) is 4.98 Å². The molecule has 5 heteroatoms. The van der Waals surface area contributed by atoms with Crippen LogP contribution < -0.4 is 9.30 Å². The maximum absolute atomic E-state index is 7.03. The minimum atomic E-state index is -0.226. The first-order valence-electron chi connectivity index (χ1n) is 22.5. The Labute approximate surface area is 379 Å². The molecule has 0 amide bonds. The molecular formula is C59H60N4O. The molecule has 0 radical (unpaired) electrons. The van der Waals surface area contributed by atoms with Gasteiger partial charge in [-0.3, -0.25) is 13.7 Å². The smallest absolute Gasteiger partial charge is 0.269 e. The number of rotatable bonds is 8. The van der Waals surface area contributed by atoms with E-state index in [1.54, 1.807) is 0 Å². The monoisotopic (exact) mass is 840 g/mol. The second-order valence-electron chi connectivity index (χ2n) is 20.9. The van der Waals surface area contributed by atoms with Crippen molar-refractivity contribution >= 4 is 21.8 Å². The molecule has 3 aromatic heterocycles. The third-order valence-corrected chi connectivity index (χ3v) is 12.6. The second kappa shape index (κ2) is 15.8. The molecule has 0 saturated carbocycles. The summed E-state index contributed by atoms with van der Waals surface area (Å²) in [6.45, 7) is 25.2. The molecule has 0 fully saturated rings. The fourth-order valence-corrected chi connectivity index (χ4v) is 9.19. The Morgan fingerprint density at radius 1 is 0.500 bits per heavy atom. The van der Waals surface area contributed by atoms with E-state index >= 15 is 0 Å². The van der Waals surface area contributed by atoms with Gasteiger partial charge >= 0.3 is 0 Å². The highest BCUT2D eigenvalue weighted by Crippen LogP contribution is 2.40. The average molecular weight is 841 g/mol. The molecule has 0 bridgehead atoms. The molecule has 5 nitrogen and oxygen atoms in total. The predicted molar refractivity (Wildman–Crippen MR) is 265 cm³/mol. The Morgan fingerprint density at radius 3 is 1.88 bits per heavy atom. The number of para-hydroxylation sites is 1. The lowest BCUT2D eigenvalue weighted by molar-refractivity contribution is -0.611. The van der Waals surface area contributed by atoms with Gasteiger partial charge in [-0.15, -0.1) is 0 Å². The molecule has 6 aromatic carbocycles. The highest BCUT2D eigenvalue weighted by Gasteiger charge is 2.34. The lowest BCUT2D eigenvalue weighted by atomic mass is 9.78. The molecule has 0 unspecified atom stereocenters. The van der Waals surface area contributed by atoms with E-state index in [-0.39, 0.29) is 21.7 Å². The van der Waals surface area contributed by atoms with Gasteiger partial charge in [-0.1, -0.05) is 167 Å². The molecule has 3 heterocycles. The van der Waals surface area contributed by atoms with E-state index in [9.17, 15) is 0 Å². The van der Waals surface area contributed by atoms with Crippen molar-refractivity contribution in [3.8, 4) is 39.8 Å². The lowest BCUT2D eigenvalue weighted by Crippen LogP contribution is -2.40. The van der Waals surface area contributed by atoms with E-state index in [1.807, 2.05) is 6.20 Å².